The van der Waals surface area contributed by atoms with Crippen molar-refractivity contribution >= 4 is 17.2 Å². The zero-order chi connectivity index (χ0) is 29.4. The smallest absolute Gasteiger partial charge is 0.348 e. The number of ether oxygens (including phenoxy) is 1. The van der Waals surface area contributed by atoms with Crippen molar-refractivity contribution < 1.29 is 9.53 Å². The van der Waals surface area contributed by atoms with Crippen molar-refractivity contribution in [3.8, 4) is 6.07 Å². The molecule has 2 rings (SSSR count). The van der Waals surface area contributed by atoms with Gasteiger partial charge in [-0.05, 0) is 36.6 Å². The molecular formula is C37H56N2O2. The number of fused-ring (bicyclic) bond motifs is 1. The van der Waals surface area contributed by atoms with E-state index >= 15 is 0 Å². The molecule has 41 heavy (non-hydrogen) atoms. The first-order valence-electron chi connectivity index (χ1n) is 16.7. The van der Waals surface area contributed by atoms with E-state index in [1.54, 1.807) is 6.08 Å². The molecule has 0 aromatic heterocycles. The number of hydrogen-bond donors (Lipinski definition) is 0. The van der Waals surface area contributed by atoms with Crippen molar-refractivity contribution in [3.05, 3.63) is 59.8 Å². The lowest BCUT2D eigenvalue weighted by atomic mass is 9.98. The van der Waals surface area contributed by atoms with Crippen molar-refractivity contribution in [2.45, 2.75) is 136 Å². The summed E-state index contributed by atoms with van der Waals surface area (Å²) in [5.74, 6) is -0.535. The summed E-state index contributed by atoms with van der Waals surface area (Å²) in [7, 11) is 0. The van der Waals surface area contributed by atoms with Crippen LogP contribution in [0.4, 0.5) is 5.69 Å². The number of carbonyl (C=O) groups excluding carboxylic acids is 1. The summed E-state index contributed by atoms with van der Waals surface area (Å²) in [5.41, 5.74) is 3.34. The van der Waals surface area contributed by atoms with E-state index in [1.807, 2.05) is 18.2 Å². The molecule has 1 aliphatic rings. The predicted octanol–water partition coefficient (Wildman–Crippen LogP) is 10.8. The number of carbonyl (C=O) groups is 1. The van der Waals surface area contributed by atoms with Gasteiger partial charge in [0.2, 0.25) is 0 Å². The summed E-state index contributed by atoms with van der Waals surface area (Å²) >= 11 is 0. The van der Waals surface area contributed by atoms with E-state index in [-0.39, 0.29) is 5.57 Å². The minimum atomic E-state index is -0.535. The minimum Gasteiger partial charge on any atom is -0.462 e. The van der Waals surface area contributed by atoms with Crippen LogP contribution in [0.15, 0.2) is 54.3 Å². The molecule has 0 unspecified atom stereocenters. The Morgan fingerprint density at radius 2 is 1.32 bits per heavy atom. The van der Waals surface area contributed by atoms with Gasteiger partial charge >= 0.3 is 5.97 Å². The minimum absolute atomic E-state index is 0.0433. The van der Waals surface area contributed by atoms with Crippen LogP contribution in [0.1, 0.15) is 141 Å². The lowest BCUT2D eigenvalue weighted by Gasteiger charge is -2.27. The Bertz CT molecular complexity index is 985. The normalized spacial score (nSPS) is 13.8. The molecule has 1 aromatic carbocycles. The number of para-hydroxylation sites is 1. The molecule has 0 fully saturated rings. The van der Waals surface area contributed by atoms with Gasteiger partial charge in [-0.2, -0.15) is 5.26 Å². The molecule has 0 atom stereocenters. The maximum atomic E-state index is 12.4. The van der Waals surface area contributed by atoms with E-state index in [2.05, 4.69) is 49.2 Å². The van der Waals surface area contributed by atoms with Gasteiger partial charge in [0.15, 0.2) is 0 Å². The van der Waals surface area contributed by atoms with Crippen LogP contribution < -0.4 is 4.90 Å². The largest absolute Gasteiger partial charge is 0.462 e. The standard InChI is InChI=1S/C37H56N2O2/c1-3-5-7-9-10-11-12-13-14-15-16-17-18-22-29-39-30-28-33(35-24-20-21-25-36(35)39)26-27-34(32-38)37(40)41-31-23-19-8-6-4-2/h20-21,24-28,30H,3-19,22-23,29,31H2,1-2H3/b33-26-,34-27-. The van der Waals surface area contributed by atoms with Crippen LogP contribution in [0.5, 0.6) is 0 Å². The Hall–Kier alpha value is -2.80. The summed E-state index contributed by atoms with van der Waals surface area (Å²) < 4.78 is 5.33. The van der Waals surface area contributed by atoms with Crippen molar-refractivity contribution in [1.29, 1.82) is 5.26 Å². The SMILES string of the molecule is CCCCCCCCCCCCCCCCN1C=C/C(=C/C=C(/C#N)C(=O)OCCCCCCC)c2ccccc21. The van der Waals surface area contributed by atoms with Gasteiger partial charge in [0.05, 0.1) is 6.61 Å². The zero-order valence-corrected chi connectivity index (χ0v) is 26.2. The molecule has 0 radical (unpaired) electrons. The molecule has 0 saturated carbocycles. The first-order valence-corrected chi connectivity index (χ1v) is 16.7. The van der Waals surface area contributed by atoms with Crippen molar-refractivity contribution in [1.82, 2.24) is 0 Å². The first-order chi connectivity index (χ1) is 20.2. The number of nitrogens with zero attached hydrogens (tertiary/aromatic N) is 2. The number of anilines is 1. The number of esters is 1. The predicted molar refractivity (Wildman–Crippen MR) is 175 cm³/mol. The van der Waals surface area contributed by atoms with E-state index < -0.39 is 5.97 Å². The molecule has 0 bridgehead atoms. The Kier molecular flexibility index (Phi) is 19.2. The molecule has 4 nitrogen and oxygen atoms in total. The quantitative estimate of drug-likeness (QED) is 0.0578. The van der Waals surface area contributed by atoms with Gasteiger partial charge in [0.25, 0.3) is 0 Å². The lowest BCUT2D eigenvalue weighted by Crippen LogP contribution is -2.21. The molecule has 1 aliphatic heterocycles. The van der Waals surface area contributed by atoms with Gasteiger partial charge in [-0.15, -0.1) is 0 Å². The van der Waals surface area contributed by atoms with E-state index in [4.69, 9.17) is 4.74 Å². The summed E-state index contributed by atoms with van der Waals surface area (Å²) in [6.07, 6.45) is 32.3. The highest BCUT2D eigenvalue weighted by atomic mass is 16.5. The van der Waals surface area contributed by atoms with Gasteiger partial charge in [0.1, 0.15) is 11.6 Å². The fourth-order valence-electron chi connectivity index (χ4n) is 5.40. The Labute approximate surface area is 251 Å². The Morgan fingerprint density at radius 1 is 0.780 bits per heavy atom. The summed E-state index contributed by atoms with van der Waals surface area (Å²) in [5, 5.41) is 9.52. The third-order valence-corrected chi connectivity index (χ3v) is 7.96. The number of benzene rings is 1. The van der Waals surface area contributed by atoms with Crippen molar-refractivity contribution in [3.63, 3.8) is 0 Å². The lowest BCUT2D eigenvalue weighted by molar-refractivity contribution is -0.138. The van der Waals surface area contributed by atoms with E-state index in [1.165, 1.54) is 108 Å². The van der Waals surface area contributed by atoms with E-state index in [9.17, 15) is 10.1 Å². The average Bonchev–Trinajstić information content (AvgIpc) is 3.00. The number of unbranched alkanes of at least 4 members (excludes halogenated alkanes) is 17. The van der Waals surface area contributed by atoms with Crippen LogP contribution >= 0.6 is 0 Å². The molecule has 4 heteroatoms. The van der Waals surface area contributed by atoms with Crippen LogP contribution in [-0.2, 0) is 9.53 Å². The van der Waals surface area contributed by atoms with E-state index in [0.29, 0.717) is 6.61 Å². The summed E-state index contributed by atoms with van der Waals surface area (Å²) in [6.45, 7) is 5.83. The molecular weight excluding hydrogens is 504 g/mol. The molecule has 0 amide bonds. The maximum Gasteiger partial charge on any atom is 0.348 e. The third-order valence-electron chi connectivity index (χ3n) is 7.96. The molecule has 0 spiro atoms. The van der Waals surface area contributed by atoms with Gasteiger partial charge in [-0.25, -0.2) is 4.79 Å². The molecule has 0 saturated heterocycles. The number of rotatable bonds is 23. The molecule has 1 aromatic rings. The van der Waals surface area contributed by atoms with Crippen LogP contribution in [0, 0.1) is 11.3 Å². The number of allylic oxidation sites excluding steroid dienone is 4. The van der Waals surface area contributed by atoms with Gasteiger partial charge < -0.3 is 9.64 Å². The Morgan fingerprint density at radius 3 is 1.90 bits per heavy atom. The van der Waals surface area contributed by atoms with Gasteiger partial charge in [0, 0.05) is 24.0 Å². The summed E-state index contributed by atoms with van der Waals surface area (Å²) in [6, 6.07) is 10.4. The fourth-order valence-corrected chi connectivity index (χ4v) is 5.40. The van der Waals surface area contributed by atoms with Crippen LogP contribution in [0.2, 0.25) is 0 Å². The number of nitriles is 1. The molecule has 1 heterocycles. The summed E-state index contributed by atoms with van der Waals surface area (Å²) in [4.78, 5) is 14.7. The van der Waals surface area contributed by atoms with Crippen LogP contribution in [-0.4, -0.2) is 19.1 Å². The second-order valence-electron chi connectivity index (χ2n) is 11.5. The third kappa shape index (κ3) is 14.6. The van der Waals surface area contributed by atoms with Crippen LogP contribution in [0.3, 0.4) is 0 Å². The molecule has 0 N–H and O–H groups in total. The highest BCUT2D eigenvalue weighted by molar-refractivity contribution is 5.94. The molecule has 0 aliphatic carbocycles. The topological polar surface area (TPSA) is 53.3 Å². The van der Waals surface area contributed by atoms with Crippen molar-refractivity contribution in [2.75, 3.05) is 18.1 Å². The van der Waals surface area contributed by atoms with Crippen LogP contribution in [0.25, 0.3) is 5.57 Å². The first kappa shape index (κ1) is 34.4. The highest BCUT2D eigenvalue weighted by Crippen LogP contribution is 2.33. The maximum absolute atomic E-state index is 12.4. The number of hydrogen-bond acceptors (Lipinski definition) is 4. The monoisotopic (exact) mass is 560 g/mol. The molecule has 226 valence electrons. The second-order valence-corrected chi connectivity index (χ2v) is 11.5. The van der Waals surface area contributed by atoms with E-state index in [0.717, 1.165) is 36.9 Å². The van der Waals surface area contributed by atoms with Crippen molar-refractivity contribution in [2.24, 2.45) is 0 Å². The second kappa shape index (κ2) is 22.8. The van der Waals surface area contributed by atoms with Gasteiger partial charge in [-0.1, -0.05) is 147 Å². The zero-order valence-electron chi connectivity index (χ0n) is 26.2. The average molecular weight is 561 g/mol. The van der Waals surface area contributed by atoms with Gasteiger partial charge in [-0.3, -0.25) is 0 Å². The highest BCUT2D eigenvalue weighted by Gasteiger charge is 2.16. The fraction of sp³-hybridized carbons (Fsp3) is 0.622. The Balaban J connectivity index is 1.72.